The number of benzene rings is 1. The second kappa shape index (κ2) is 5.51. The van der Waals surface area contributed by atoms with Crippen LogP contribution in [0.5, 0.6) is 0 Å². The number of nitrogens with zero attached hydrogens (tertiary/aromatic N) is 2. The van der Waals surface area contributed by atoms with E-state index in [0.717, 1.165) is 12.1 Å². The molecule has 9 heteroatoms. The van der Waals surface area contributed by atoms with E-state index in [0.29, 0.717) is 5.56 Å². The summed E-state index contributed by atoms with van der Waals surface area (Å²) in [5.41, 5.74) is 9.48. The van der Waals surface area contributed by atoms with Gasteiger partial charge >= 0.3 is 6.18 Å². The molecule has 0 atom stereocenters. The Kier molecular flexibility index (Phi) is 3.89. The van der Waals surface area contributed by atoms with Crippen LogP contribution in [0.15, 0.2) is 30.6 Å². The van der Waals surface area contributed by atoms with Gasteiger partial charge < -0.3 is 16.0 Å². The van der Waals surface area contributed by atoms with E-state index in [-0.39, 0.29) is 17.9 Å². The molecule has 1 aromatic carbocycles. The van der Waals surface area contributed by atoms with Crippen LogP contribution in [-0.2, 0) is 12.7 Å². The number of hydrogen-bond donors (Lipinski definition) is 2. The molecule has 2 amide bonds. The van der Waals surface area contributed by atoms with Crippen molar-refractivity contribution in [3.05, 3.63) is 53.1 Å². The van der Waals surface area contributed by atoms with E-state index >= 15 is 0 Å². The van der Waals surface area contributed by atoms with Crippen LogP contribution in [0, 0.1) is 0 Å². The van der Waals surface area contributed by atoms with Crippen LogP contribution in [0.1, 0.15) is 32.1 Å². The van der Waals surface area contributed by atoms with Gasteiger partial charge in [-0.25, -0.2) is 4.98 Å². The minimum atomic E-state index is -4.43. The van der Waals surface area contributed by atoms with Gasteiger partial charge in [0.1, 0.15) is 5.69 Å². The number of carbonyl (C=O) groups excluding carboxylic acids is 2. The Morgan fingerprint density at radius 1 is 1.09 bits per heavy atom. The molecule has 0 aliphatic carbocycles. The zero-order valence-corrected chi connectivity index (χ0v) is 11.1. The van der Waals surface area contributed by atoms with Crippen molar-refractivity contribution in [1.29, 1.82) is 0 Å². The number of alkyl halides is 3. The van der Waals surface area contributed by atoms with Gasteiger partial charge in [-0.3, -0.25) is 9.59 Å². The average Bonchev–Trinajstić information content (AvgIpc) is 2.82. The first kappa shape index (κ1) is 15.5. The second-order valence-electron chi connectivity index (χ2n) is 4.49. The van der Waals surface area contributed by atoms with E-state index in [2.05, 4.69) is 4.98 Å². The number of aromatic nitrogens is 2. The highest BCUT2D eigenvalue weighted by molar-refractivity contribution is 6.03. The number of primary amides is 2. The van der Waals surface area contributed by atoms with Gasteiger partial charge in [0, 0.05) is 6.54 Å². The molecule has 0 fully saturated rings. The first-order chi connectivity index (χ1) is 10.2. The van der Waals surface area contributed by atoms with Crippen LogP contribution in [0.2, 0.25) is 0 Å². The summed E-state index contributed by atoms with van der Waals surface area (Å²) in [4.78, 5) is 26.2. The maximum absolute atomic E-state index is 12.5. The highest BCUT2D eigenvalue weighted by Crippen LogP contribution is 2.29. The average molecular weight is 312 g/mol. The standard InChI is InChI=1S/C13H11F3N4O2/c14-13(15,16)8-3-1-7(2-4-8)5-20-6-19-9(11(17)21)10(20)12(18)22/h1-4,6H,5H2,(H2,17,21)(H2,18,22). The van der Waals surface area contributed by atoms with E-state index in [1.807, 2.05) is 0 Å². The number of hydrogen-bond acceptors (Lipinski definition) is 3. The largest absolute Gasteiger partial charge is 0.416 e. The van der Waals surface area contributed by atoms with Crippen LogP contribution in [0.4, 0.5) is 13.2 Å². The van der Waals surface area contributed by atoms with Crippen molar-refractivity contribution in [2.24, 2.45) is 11.5 Å². The van der Waals surface area contributed by atoms with Crippen molar-refractivity contribution in [2.75, 3.05) is 0 Å². The summed E-state index contributed by atoms with van der Waals surface area (Å²) in [7, 11) is 0. The monoisotopic (exact) mass is 312 g/mol. The lowest BCUT2D eigenvalue weighted by Gasteiger charge is -2.09. The molecule has 116 valence electrons. The van der Waals surface area contributed by atoms with E-state index < -0.39 is 23.6 Å². The summed E-state index contributed by atoms with van der Waals surface area (Å²) in [6.45, 7) is 0.0245. The fraction of sp³-hybridized carbons (Fsp3) is 0.154. The van der Waals surface area contributed by atoms with Crippen LogP contribution >= 0.6 is 0 Å². The Morgan fingerprint density at radius 2 is 1.68 bits per heavy atom. The Labute approximate surface area is 122 Å². The van der Waals surface area contributed by atoms with Crippen molar-refractivity contribution in [3.8, 4) is 0 Å². The summed E-state index contributed by atoms with van der Waals surface area (Å²) in [5, 5.41) is 0. The van der Waals surface area contributed by atoms with E-state index in [9.17, 15) is 22.8 Å². The number of imidazole rings is 1. The predicted octanol–water partition coefficient (Wildman–Crippen LogP) is 1.15. The lowest BCUT2D eigenvalue weighted by Crippen LogP contribution is -2.23. The molecule has 6 nitrogen and oxygen atoms in total. The Morgan fingerprint density at radius 3 is 2.14 bits per heavy atom. The lowest BCUT2D eigenvalue weighted by atomic mass is 10.1. The van der Waals surface area contributed by atoms with Gasteiger partial charge in [-0.2, -0.15) is 13.2 Å². The van der Waals surface area contributed by atoms with E-state index in [1.54, 1.807) is 0 Å². The van der Waals surface area contributed by atoms with Crippen LogP contribution in [0.3, 0.4) is 0 Å². The van der Waals surface area contributed by atoms with Crippen LogP contribution in [0.25, 0.3) is 0 Å². The predicted molar refractivity (Wildman–Crippen MR) is 69.8 cm³/mol. The fourth-order valence-corrected chi connectivity index (χ4v) is 1.94. The molecule has 2 rings (SSSR count). The highest BCUT2D eigenvalue weighted by atomic mass is 19.4. The third-order valence-electron chi connectivity index (χ3n) is 2.94. The fourth-order valence-electron chi connectivity index (χ4n) is 1.94. The van der Waals surface area contributed by atoms with Gasteiger partial charge in [-0.15, -0.1) is 0 Å². The number of halogens is 3. The topological polar surface area (TPSA) is 104 Å². The van der Waals surface area contributed by atoms with Gasteiger partial charge in [0.2, 0.25) is 0 Å². The lowest BCUT2D eigenvalue weighted by molar-refractivity contribution is -0.137. The third-order valence-corrected chi connectivity index (χ3v) is 2.94. The highest BCUT2D eigenvalue weighted by Gasteiger charge is 2.30. The summed E-state index contributed by atoms with van der Waals surface area (Å²) in [6, 6.07) is 4.37. The zero-order valence-electron chi connectivity index (χ0n) is 11.1. The van der Waals surface area contributed by atoms with Gasteiger partial charge in [-0.1, -0.05) is 12.1 Å². The molecule has 1 heterocycles. The van der Waals surface area contributed by atoms with Gasteiger partial charge in [-0.05, 0) is 17.7 Å². The molecule has 0 saturated heterocycles. The Hall–Kier alpha value is -2.84. The number of nitrogens with two attached hydrogens (primary N) is 2. The normalized spacial score (nSPS) is 11.4. The van der Waals surface area contributed by atoms with Gasteiger partial charge in [0.05, 0.1) is 11.9 Å². The first-order valence-electron chi connectivity index (χ1n) is 6.01. The summed E-state index contributed by atoms with van der Waals surface area (Å²) >= 11 is 0. The molecular weight excluding hydrogens is 301 g/mol. The summed E-state index contributed by atoms with van der Waals surface area (Å²) < 4.78 is 38.7. The molecule has 4 N–H and O–H groups in total. The zero-order chi connectivity index (χ0) is 16.5. The Balaban J connectivity index is 2.32. The molecule has 0 bridgehead atoms. The second-order valence-corrected chi connectivity index (χ2v) is 4.49. The minimum Gasteiger partial charge on any atom is -0.364 e. The van der Waals surface area contributed by atoms with Gasteiger partial charge in [0.25, 0.3) is 11.8 Å². The molecule has 0 saturated carbocycles. The SMILES string of the molecule is NC(=O)c1ncn(Cc2ccc(C(F)(F)F)cc2)c1C(N)=O. The summed E-state index contributed by atoms with van der Waals surface area (Å²) in [5.74, 6) is -1.82. The molecule has 1 aromatic heterocycles. The van der Waals surface area contributed by atoms with Crippen LogP contribution in [-0.4, -0.2) is 21.4 Å². The first-order valence-corrected chi connectivity index (χ1v) is 6.01. The van der Waals surface area contributed by atoms with Gasteiger partial charge in [0.15, 0.2) is 5.69 Å². The molecule has 0 aliphatic rings. The quantitative estimate of drug-likeness (QED) is 0.884. The molecule has 0 spiro atoms. The number of carbonyl (C=O) groups is 2. The number of rotatable bonds is 4. The molecule has 22 heavy (non-hydrogen) atoms. The molecule has 2 aromatic rings. The molecular formula is C13H11F3N4O2. The maximum Gasteiger partial charge on any atom is 0.416 e. The van der Waals surface area contributed by atoms with Crippen molar-refractivity contribution in [3.63, 3.8) is 0 Å². The smallest absolute Gasteiger partial charge is 0.364 e. The van der Waals surface area contributed by atoms with Crippen molar-refractivity contribution < 1.29 is 22.8 Å². The maximum atomic E-state index is 12.5. The number of amides is 2. The van der Waals surface area contributed by atoms with E-state index in [4.69, 9.17) is 11.5 Å². The van der Waals surface area contributed by atoms with E-state index in [1.165, 1.54) is 23.0 Å². The molecule has 0 radical (unpaired) electrons. The minimum absolute atomic E-state index is 0.0245. The Bertz CT molecular complexity index is 720. The van der Waals surface area contributed by atoms with Crippen LogP contribution < -0.4 is 11.5 Å². The molecule has 0 aliphatic heterocycles. The van der Waals surface area contributed by atoms with Crippen molar-refractivity contribution >= 4 is 11.8 Å². The third kappa shape index (κ3) is 3.08. The van der Waals surface area contributed by atoms with Crippen molar-refractivity contribution in [2.45, 2.75) is 12.7 Å². The van der Waals surface area contributed by atoms with Crippen molar-refractivity contribution in [1.82, 2.24) is 9.55 Å². The molecule has 0 unspecified atom stereocenters. The summed E-state index contributed by atoms with van der Waals surface area (Å²) in [6.07, 6.45) is -3.25.